The monoisotopic (exact) mass is 382 g/mol. The van der Waals surface area contributed by atoms with Gasteiger partial charge in [-0.2, -0.15) is 0 Å². The van der Waals surface area contributed by atoms with E-state index < -0.39 is 4.08 Å². The first kappa shape index (κ1) is 17.2. The molecular weight excluding hydrogens is 364 g/mol. The zero-order chi connectivity index (χ0) is 17.8. The summed E-state index contributed by atoms with van der Waals surface area (Å²) in [4.78, 5) is 2.26. The molecule has 4 rings (SSSR count). The van der Waals surface area contributed by atoms with Gasteiger partial charge in [0.15, 0.2) is 0 Å². The number of rotatable bonds is 6. The summed E-state index contributed by atoms with van der Waals surface area (Å²) in [5.41, 5.74) is 0. The number of ether oxygens (including phenoxy) is 1. The van der Waals surface area contributed by atoms with Crippen molar-refractivity contribution in [2.75, 3.05) is 6.61 Å². The molecule has 1 atom stereocenters. The zero-order valence-corrected chi connectivity index (χ0v) is 15.6. The Morgan fingerprint density at radius 2 is 1.46 bits per heavy atom. The molecule has 2 aromatic carbocycles. The molecule has 0 radical (unpaired) electrons. The van der Waals surface area contributed by atoms with Crippen molar-refractivity contribution in [2.45, 2.75) is 13.9 Å². The predicted octanol–water partition coefficient (Wildman–Crippen LogP) is 6.06. The molecule has 1 aliphatic rings. The first-order valence-electron chi connectivity index (χ1n) is 8.32. The number of hydrogen-bond donors (Lipinski definition) is 1. The van der Waals surface area contributed by atoms with E-state index in [1.807, 2.05) is 48.5 Å². The van der Waals surface area contributed by atoms with Crippen molar-refractivity contribution in [1.82, 2.24) is 0 Å². The molecule has 26 heavy (non-hydrogen) atoms. The molecule has 0 amide bonds. The van der Waals surface area contributed by atoms with Crippen LogP contribution in [0.5, 0.6) is 0 Å². The van der Waals surface area contributed by atoms with E-state index in [9.17, 15) is 5.11 Å². The van der Waals surface area contributed by atoms with Crippen LogP contribution in [-0.4, -0.2) is 11.7 Å². The Morgan fingerprint density at radius 3 is 1.92 bits per heavy atom. The first-order chi connectivity index (χ1) is 12.8. The van der Waals surface area contributed by atoms with Crippen LogP contribution >= 0.6 is 23.5 Å². The second-order valence-corrected chi connectivity index (χ2v) is 8.79. The molecule has 0 spiro atoms. The normalized spacial score (nSPS) is 16.9. The van der Waals surface area contributed by atoms with Gasteiger partial charge in [-0.15, -0.1) is 0 Å². The van der Waals surface area contributed by atoms with Gasteiger partial charge in [0, 0.05) is 15.9 Å². The molecule has 1 aliphatic heterocycles. The molecule has 1 N–H and O–H groups in total. The summed E-state index contributed by atoms with van der Waals surface area (Å²) in [5.74, 6) is 0.775. The molecule has 5 heteroatoms. The van der Waals surface area contributed by atoms with E-state index in [0.29, 0.717) is 6.61 Å². The van der Waals surface area contributed by atoms with Gasteiger partial charge in [-0.25, -0.2) is 0 Å². The molecule has 3 nitrogen and oxygen atoms in total. The van der Waals surface area contributed by atoms with Gasteiger partial charge in [0.2, 0.25) is 0 Å². The molecule has 0 bridgehead atoms. The third-order valence-electron chi connectivity index (χ3n) is 4.13. The van der Waals surface area contributed by atoms with Crippen molar-refractivity contribution in [3.63, 3.8) is 0 Å². The lowest BCUT2D eigenvalue weighted by Crippen LogP contribution is -2.28. The maximum atomic E-state index is 9.88. The summed E-state index contributed by atoms with van der Waals surface area (Å²) < 4.78 is 10.8. The maximum Gasteiger partial charge on any atom is 0.272 e. The van der Waals surface area contributed by atoms with Crippen LogP contribution in [0.25, 0.3) is 0 Å². The number of aliphatic hydroxyl groups is 1. The highest BCUT2D eigenvalue weighted by Gasteiger charge is 2.47. The smallest absolute Gasteiger partial charge is 0.272 e. The van der Waals surface area contributed by atoms with Gasteiger partial charge < -0.3 is 14.3 Å². The minimum Gasteiger partial charge on any atom is -0.481 e. The third kappa shape index (κ3) is 3.50. The molecule has 132 valence electrons. The van der Waals surface area contributed by atoms with Crippen molar-refractivity contribution in [3.8, 4) is 0 Å². The Bertz CT molecular complexity index is 819. The summed E-state index contributed by atoms with van der Waals surface area (Å²) >= 11 is 3.44. The van der Waals surface area contributed by atoms with Gasteiger partial charge in [-0.1, -0.05) is 59.9 Å². The van der Waals surface area contributed by atoms with Crippen LogP contribution in [0.15, 0.2) is 105 Å². The molecule has 2 heterocycles. The van der Waals surface area contributed by atoms with E-state index >= 15 is 0 Å². The standard InChI is InChI=1S/C21H18O3S2/c22-20-14-16(15-24-20)21(19-12-7-13-23-19,25-17-8-3-1-4-9-17)26-18-10-5-2-6-11-18/h1-14,16,22H,15H2. The average molecular weight is 383 g/mol. The lowest BCUT2D eigenvalue weighted by Gasteiger charge is -2.34. The minimum atomic E-state index is -0.503. The topological polar surface area (TPSA) is 42.6 Å². The fraction of sp³-hybridized carbons (Fsp3) is 0.143. The Kier molecular flexibility index (Phi) is 5.00. The lowest BCUT2D eigenvalue weighted by atomic mass is 10.0. The van der Waals surface area contributed by atoms with Crippen molar-refractivity contribution in [3.05, 3.63) is 96.8 Å². The van der Waals surface area contributed by atoms with E-state index in [0.717, 1.165) is 15.6 Å². The van der Waals surface area contributed by atoms with Crippen molar-refractivity contribution < 1.29 is 14.3 Å². The van der Waals surface area contributed by atoms with Crippen LogP contribution in [0.2, 0.25) is 0 Å². The van der Waals surface area contributed by atoms with Gasteiger partial charge in [-0.3, -0.25) is 0 Å². The summed E-state index contributed by atoms with van der Waals surface area (Å²) in [6.07, 6.45) is 3.48. The van der Waals surface area contributed by atoms with Crippen molar-refractivity contribution in [2.24, 2.45) is 5.92 Å². The maximum absolute atomic E-state index is 9.88. The fourth-order valence-electron chi connectivity index (χ4n) is 2.92. The summed E-state index contributed by atoms with van der Waals surface area (Å²) in [6, 6.07) is 24.4. The van der Waals surface area contributed by atoms with Crippen molar-refractivity contribution >= 4 is 23.5 Å². The van der Waals surface area contributed by atoms with Crippen LogP contribution in [-0.2, 0) is 8.82 Å². The molecular formula is C21H18O3S2. The Labute approximate surface area is 161 Å². The molecule has 0 fully saturated rings. The number of thioether (sulfide) groups is 2. The summed E-state index contributed by atoms with van der Waals surface area (Å²) in [5, 5.41) is 9.88. The first-order valence-corrected chi connectivity index (χ1v) is 9.95. The van der Waals surface area contributed by atoms with Crippen LogP contribution in [0.3, 0.4) is 0 Å². The van der Waals surface area contributed by atoms with Gasteiger partial charge in [-0.05, 0) is 36.4 Å². The van der Waals surface area contributed by atoms with E-state index in [1.54, 1.807) is 35.9 Å². The fourth-order valence-corrected chi connectivity index (χ4v) is 5.96. The van der Waals surface area contributed by atoms with Gasteiger partial charge in [0.1, 0.15) is 16.4 Å². The second kappa shape index (κ2) is 7.56. The second-order valence-electron chi connectivity index (χ2n) is 5.90. The van der Waals surface area contributed by atoms with E-state index in [1.165, 1.54) is 0 Å². The Morgan fingerprint density at radius 1 is 0.846 bits per heavy atom. The van der Waals surface area contributed by atoms with Crippen LogP contribution in [0.1, 0.15) is 5.76 Å². The molecule has 1 aromatic heterocycles. The number of hydrogen-bond acceptors (Lipinski definition) is 5. The number of aliphatic hydroxyl groups excluding tert-OH is 1. The van der Waals surface area contributed by atoms with E-state index in [4.69, 9.17) is 9.15 Å². The highest BCUT2D eigenvalue weighted by atomic mass is 32.2. The van der Waals surface area contributed by atoms with Gasteiger partial charge in [0.05, 0.1) is 12.2 Å². The van der Waals surface area contributed by atoms with Crippen LogP contribution in [0.4, 0.5) is 0 Å². The van der Waals surface area contributed by atoms with Gasteiger partial charge >= 0.3 is 0 Å². The summed E-state index contributed by atoms with van der Waals surface area (Å²) in [6.45, 7) is 0.409. The molecule has 0 saturated carbocycles. The highest BCUT2D eigenvalue weighted by molar-refractivity contribution is 8.17. The lowest BCUT2D eigenvalue weighted by molar-refractivity contribution is 0.106. The minimum absolute atomic E-state index is 0.0201. The third-order valence-corrected chi connectivity index (χ3v) is 7.26. The zero-order valence-electron chi connectivity index (χ0n) is 13.9. The van der Waals surface area contributed by atoms with Crippen molar-refractivity contribution in [1.29, 1.82) is 0 Å². The average Bonchev–Trinajstić information content (AvgIpc) is 3.35. The number of benzene rings is 2. The molecule has 0 saturated heterocycles. The van der Waals surface area contributed by atoms with Crippen LogP contribution in [0, 0.1) is 5.92 Å². The Hall–Kier alpha value is -2.24. The highest BCUT2D eigenvalue weighted by Crippen LogP contribution is 2.59. The Balaban J connectivity index is 1.82. The predicted molar refractivity (Wildman–Crippen MR) is 105 cm³/mol. The van der Waals surface area contributed by atoms with E-state index in [2.05, 4.69) is 24.3 Å². The largest absolute Gasteiger partial charge is 0.481 e. The molecule has 1 unspecified atom stereocenters. The quantitative estimate of drug-likeness (QED) is 0.414. The van der Waals surface area contributed by atoms with Gasteiger partial charge in [0.25, 0.3) is 5.95 Å². The van der Waals surface area contributed by atoms with E-state index in [-0.39, 0.29) is 11.9 Å². The van der Waals surface area contributed by atoms with Crippen LogP contribution < -0.4 is 0 Å². The molecule has 0 aliphatic carbocycles. The number of furan rings is 1. The molecule has 3 aromatic rings. The SMILES string of the molecule is OC1=CC(C(Sc2ccccc2)(Sc2ccccc2)c2ccco2)CO1. The summed E-state index contributed by atoms with van der Waals surface area (Å²) in [7, 11) is 0.